The zero-order valence-corrected chi connectivity index (χ0v) is 10.3. The molecule has 0 aromatic heterocycles. The molecule has 1 aliphatic carbocycles. The van der Waals surface area contributed by atoms with E-state index in [4.69, 9.17) is 0 Å². The zero-order valence-electron chi connectivity index (χ0n) is 10.3. The van der Waals surface area contributed by atoms with E-state index >= 15 is 0 Å². The number of hydrogen-bond donors (Lipinski definition) is 1. The Kier molecular flexibility index (Phi) is 5.09. The molecule has 0 unspecified atom stereocenters. The van der Waals surface area contributed by atoms with Gasteiger partial charge in [-0.05, 0) is 38.6 Å². The molecule has 0 aromatic carbocycles. The molecule has 1 N–H and O–H groups in total. The van der Waals surface area contributed by atoms with Gasteiger partial charge in [0.1, 0.15) is 0 Å². The summed E-state index contributed by atoms with van der Waals surface area (Å²) in [5.41, 5.74) is 0. The van der Waals surface area contributed by atoms with E-state index in [0.29, 0.717) is 12.1 Å². The minimum atomic E-state index is 0.194. The lowest BCUT2D eigenvalue weighted by molar-refractivity contribution is -0.130. The van der Waals surface area contributed by atoms with Gasteiger partial charge >= 0.3 is 0 Å². The Bertz CT molecular complexity index is 198. The highest BCUT2D eigenvalue weighted by molar-refractivity contribution is 5.73. The number of nitrogens with zero attached hydrogens (tertiary/aromatic N) is 1. The molecule has 0 saturated heterocycles. The maximum absolute atomic E-state index is 11.2. The molecule has 1 fully saturated rings. The summed E-state index contributed by atoms with van der Waals surface area (Å²) in [5, 5.41) is 3.56. The van der Waals surface area contributed by atoms with Crippen molar-refractivity contribution in [3.8, 4) is 0 Å². The summed E-state index contributed by atoms with van der Waals surface area (Å²) in [7, 11) is 1.92. The van der Waals surface area contributed by atoms with Crippen LogP contribution in [0.3, 0.4) is 0 Å². The summed E-state index contributed by atoms with van der Waals surface area (Å²) in [4.78, 5) is 13.1. The van der Waals surface area contributed by atoms with Crippen molar-refractivity contribution in [2.24, 2.45) is 0 Å². The van der Waals surface area contributed by atoms with E-state index in [-0.39, 0.29) is 5.91 Å². The van der Waals surface area contributed by atoms with Crippen LogP contribution in [0.5, 0.6) is 0 Å². The second-order valence-electron chi connectivity index (χ2n) is 4.59. The minimum absolute atomic E-state index is 0.194. The molecule has 0 radical (unpaired) electrons. The molecule has 0 heterocycles. The maximum Gasteiger partial charge on any atom is 0.219 e. The molecule has 0 atom stereocenters. The van der Waals surface area contributed by atoms with E-state index in [0.717, 1.165) is 19.4 Å². The van der Waals surface area contributed by atoms with Crippen molar-refractivity contribution in [1.29, 1.82) is 0 Å². The lowest BCUT2D eigenvalue weighted by atomic mass is 9.90. The van der Waals surface area contributed by atoms with Crippen molar-refractivity contribution in [2.75, 3.05) is 13.6 Å². The number of rotatable bonds is 4. The molecule has 88 valence electrons. The lowest BCUT2D eigenvalue weighted by Gasteiger charge is -2.34. The van der Waals surface area contributed by atoms with Crippen LogP contribution in [0.4, 0.5) is 0 Å². The van der Waals surface area contributed by atoms with Crippen molar-refractivity contribution >= 4 is 5.91 Å². The molecular weight excluding hydrogens is 188 g/mol. The molecule has 3 heteroatoms. The van der Waals surface area contributed by atoms with Crippen LogP contribution in [-0.2, 0) is 4.79 Å². The van der Waals surface area contributed by atoms with E-state index in [1.165, 1.54) is 19.3 Å². The number of nitrogens with one attached hydrogen (secondary N) is 1. The van der Waals surface area contributed by atoms with Gasteiger partial charge in [0, 0.05) is 26.1 Å². The van der Waals surface area contributed by atoms with Crippen molar-refractivity contribution in [3.05, 3.63) is 0 Å². The molecule has 1 aliphatic rings. The molecule has 1 amide bonds. The Hall–Kier alpha value is -0.570. The molecule has 1 saturated carbocycles. The summed E-state index contributed by atoms with van der Waals surface area (Å²) < 4.78 is 0. The maximum atomic E-state index is 11.2. The molecule has 0 bridgehead atoms. The van der Waals surface area contributed by atoms with Gasteiger partial charge in [-0.15, -0.1) is 0 Å². The largest absolute Gasteiger partial charge is 0.343 e. The average molecular weight is 212 g/mol. The molecule has 0 spiro atoms. The Morgan fingerprint density at radius 2 is 1.93 bits per heavy atom. The highest BCUT2D eigenvalue weighted by Gasteiger charge is 2.24. The fourth-order valence-electron chi connectivity index (χ4n) is 2.27. The van der Waals surface area contributed by atoms with E-state index in [1.54, 1.807) is 6.92 Å². The second-order valence-corrected chi connectivity index (χ2v) is 4.59. The van der Waals surface area contributed by atoms with Gasteiger partial charge in [-0.25, -0.2) is 0 Å². The highest BCUT2D eigenvalue weighted by Crippen LogP contribution is 2.22. The predicted molar refractivity (Wildman–Crippen MR) is 62.8 cm³/mol. The quantitative estimate of drug-likeness (QED) is 0.770. The van der Waals surface area contributed by atoms with Gasteiger partial charge in [0.05, 0.1) is 0 Å². The van der Waals surface area contributed by atoms with Crippen molar-refractivity contribution in [3.63, 3.8) is 0 Å². The highest BCUT2D eigenvalue weighted by atomic mass is 16.2. The smallest absolute Gasteiger partial charge is 0.219 e. The van der Waals surface area contributed by atoms with Crippen LogP contribution in [0.1, 0.15) is 46.0 Å². The van der Waals surface area contributed by atoms with Crippen LogP contribution in [0.2, 0.25) is 0 Å². The summed E-state index contributed by atoms with van der Waals surface area (Å²) in [5.74, 6) is 0.194. The van der Waals surface area contributed by atoms with E-state index in [1.807, 2.05) is 11.9 Å². The molecule has 15 heavy (non-hydrogen) atoms. The van der Waals surface area contributed by atoms with Gasteiger partial charge in [0.25, 0.3) is 0 Å². The molecule has 1 rings (SSSR count). The Morgan fingerprint density at radius 1 is 1.33 bits per heavy atom. The Morgan fingerprint density at radius 3 is 2.40 bits per heavy atom. The summed E-state index contributed by atoms with van der Waals surface area (Å²) >= 11 is 0. The molecular formula is C12H24N2O. The van der Waals surface area contributed by atoms with Crippen molar-refractivity contribution in [1.82, 2.24) is 10.2 Å². The first-order valence-corrected chi connectivity index (χ1v) is 6.12. The topological polar surface area (TPSA) is 32.3 Å². The van der Waals surface area contributed by atoms with E-state index in [9.17, 15) is 4.79 Å². The van der Waals surface area contributed by atoms with E-state index in [2.05, 4.69) is 12.2 Å². The molecule has 0 aromatic rings. The van der Waals surface area contributed by atoms with Gasteiger partial charge in [-0.2, -0.15) is 0 Å². The van der Waals surface area contributed by atoms with Crippen LogP contribution in [0.15, 0.2) is 0 Å². The summed E-state index contributed by atoms with van der Waals surface area (Å²) in [6.07, 6.45) is 5.92. The standard InChI is InChI=1S/C12H24N2O/c1-4-9-13-11-5-7-12(8-6-11)14(3)10(2)15/h11-13H,4-9H2,1-3H3. The van der Waals surface area contributed by atoms with Crippen LogP contribution in [-0.4, -0.2) is 36.5 Å². The Labute approximate surface area is 93.2 Å². The van der Waals surface area contributed by atoms with Crippen LogP contribution < -0.4 is 5.32 Å². The van der Waals surface area contributed by atoms with Gasteiger partial charge < -0.3 is 10.2 Å². The van der Waals surface area contributed by atoms with Gasteiger partial charge in [0.15, 0.2) is 0 Å². The first-order valence-electron chi connectivity index (χ1n) is 6.12. The number of amides is 1. The monoisotopic (exact) mass is 212 g/mol. The fourth-order valence-corrected chi connectivity index (χ4v) is 2.27. The lowest BCUT2D eigenvalue weighted by Crippen LogP contribution is -2.42. The van der Waals surface area contributed by atoms with Crippen LogP contribution in [0.25, 0.3) is 0 Å². The average Bonchev–Trinajstić information content (AvgIpc) is 2.26. The van der Waals surface area contributed by atoms with Gasteiger partial charge in [-0.3, -0.25) is 4.79 Å². The van der Waals surface area contributed by atoms with Crippen molar-refractivity contribution in [2.45, 2.75) is 58.0 Å². The minimum Gasteiger partial charge on any atom is -0.343 e. The first-order chi connectivity index (χ1) is 7.15. The zero-order chi connectivity index (χ0) is 11.3. The van der Waals surface area contributed by atoms with E-state index < -0.39 is 0 Å². The molecule has 3 nitrogen and oxygen atoms in total. The van der Waals surface area contributed by atoms with Gasteiger partial charge in [-0.1, -0.05) is 6.92 Å². The fraction of sp³-hybridized carbons (Fsp3) is 0.917. The SMILES string of the molecule is CCCNC1CCC(N(C)C(C)=O)CC1. The summed E-state index contributed by atoms with van der Waals surface area (Å²) in [6, 6.07) is 1.16. The normalized spacial score (nSPS) is 26.3. The third kappa shape index (κ3) is 3.82. The van der Waals surface area contributed by atoms with Crippen LogP contribution >= 0.6 is 0 Å². The number of carbonyl (C=O) groups excluding carboxylic acids is 1. The van der Waals surface area contributed by atoms with Crippen LogP contribution in [0, 0.1) is 0 Å². The number of carbonyl (C=O) groups is 1. The third-order valence-corrected chi connectivity index (χ3v) is 3.42. The number of hydrogen-bond acceptors (Lipinski definition) is 2. The van der Waals surface area contributed by atoms with Crippen molar-refractivity contribution < 1.29 is 4.79 Å². The first kappa shape index (κ1) is 12.5. The molecule has 0 aliphatic heterocycles. The Balaban J connectivity index is 2.26. The second kappa shape index (κ2) is 6.11. The third-order valence-electron chi connectivity index (χ3n) is 3.42. The van der Waals surface area contributed by atoms with Gasteiger partial charge in [0.2, 0.25) is 5.91 Å². The predicted octanol–water partition coefficient (Wildman–Crippen LogP) is 1.78. The summed E-state index contributed by atoms with van der Waals surface area (Å²) in [6.45, 7) is 4.97.